The van der Waals surface area contributed by atoms with Gasteiger partial charge in [0, 0.05) is 13.8 Å². The van der Waals surface area contributed by atoms with Gasteiger partial charge in [0.05, 0.1) is 6.61 Å². The van der Waals surface area contributed by atoms with E-state index in [2.05, 4.69) is 0 Å². The van der Waals surface area contributed by atoms with E-state index in [1.54, 1.807) is 0 Å². The van der Waals surface area contributed by atoms with E-state index in [0.717, 1.165) is 0 Å². The fraction of sp³-hybridized carbons (Fsp3) is 0.833. The van der Waals surface area contributed by atoms with Crippen molar-refractivity contribution < 1.29 is 38.4 Å². The first-order valence-electron chi connectivity index (χ1n) is 6.62. The molecule has 0 aromatic carbocycles. The number of aliphatic hydroxyl groups excluding tert-OH is 1. The first-order valence-corrected chi connectivity index (χ1v) is 7.75. The zero-order chi connectivity index (χ0) is 17.4. The Balaban J connectivity index is 2.17. The molecular weight excluding hydrogens is 378 g/mol. The third-order valence-electron chi connectivity index (χ3n) is 3.18. The molecule has 0 amide bonds. The Morgan fingerprint density at radius 1 is 1.17 bits per heavy atom. The van der Waals surface area contributed by atoms with Crippen molar-refractivity contribution in [3.63, 3.8) is 0 Å². The molecule has 0 saturated carbocycles. The SMILES string of the molecule is CC(=O)O[C@@H]1[C@H]2OC(C(Cl)(Cl)Cl)O[C@H]2O[C@@H]1[C@@H](CO)OC(C)=O. The van der Waals surface area contributed by atoms with Crippen molar-refractivity contribution >= 4 is 46.7 Å². The van der Waals surface area contributed by atoms with E-state index >= 15 is 0 Å². The van der Waals surface area contributed by atoms with Crippen LogP contribution >= 0.6 is 34.8 Å². The number of ether oxygens (including phenoxy) is 5. The quantitative estimate of drug-likeness (QED) is 0.550. The van der Waals surface area contributed by atoms with E-state index in [-0.39, 0.29) is 0 Å². The number of alkyl halides is 3. The Labute approximate surface area is 146 Å². The maximum Gasteiger partial charge on any atom is 0.303 e. The van der Waals surface area contributed by atoms with Crippen molar-refractivity contribution in [2.45, 2.75) is 54.6 Å². The smallest absolute Gasteiger partial charge is 0.303 e. The van der Waals surface area contributed by atoms with Crippen molar-refractivity contribution in [2.24, 2.45) is 0 Å². The zero-order valence-corrected chi connectivity index (χ0v) is 14.4. The van der Waals surface area contributed by atoms with Gasteiger partial charge in [-0.15, -0.1) is 0 Å². The van der Waals surface area contributed by atoms with Crippen LogP contribution in [-0.2, 0) is 33.3 Å². The lowest BCUT2D eigenvalue weighted by Gasteiger charge is -2.28. The van der Waals surface area contributed by atoms with E-state index in [9.17, 15) is 14.7 Å². The highest BCUT2D eigenvalue weighted by Gasteiger charge is 2.59. The molecule has 0 spiro atoms. The van der Waals surface area contributed by atoms with Crippen molar-refractivity contribution in [3.05, 3.63) is 0 Å². The molecule has 23 heavy (non-hydrogen) atoms. The highest BCUT2D eigenvalue weighted by Crippen LogP contribution is 2.43. The normalized spacial score (nSPS) is 34.8. The molecule has 1 N–H and O–H groups in total. The zero-order valence-electron chi connectivity index (χ0n) is 12.1. The number of fused-ring (bicyclic) bond motifs is 1. The van der Waals surface area contributed by atoms with Gasteiger partial charge in [-0.2, -0.15) is 0 Å². The van der Waals surface area contributed by atoms with E-state index in [1.807, 2.05) is 0 Å². The van der Waals surface area contributed by atoms with Crippen LogP contribution in [0.2, 0.25) is 0 Å². The van der Waals surface area contributed by atoms with Gasteiger partial charge >= 0.3 is 11.9 Å². The van der Waals surface area contributed by atoms with E-state index in [4.69, 9.17) is 58.5 Å². The molecule has 132 valence electrons. The number of hydrogen-bond donors (Lipinski definition) is 1. The second-order valence-corrected chi connectivity index (χ2v) is 7.35. The van der Waals surface area contributed by atoms with Crippen LogP contribution in [0.4, 0.5) is 0 Å². The fourth-order valence-electron chi connectivity index (χ4n) is 2.40. The lowest BCUT2D eigenvalue weighted by Crippen LogP contribution is -2.46. The summed E-state index contributed by atoms with van der Waals surface area (Å²) in [5.41, 5.74) is 0. The number of carbonyl (C=O) groups excluding carboxylic acids is 2. The second-order valence-electron chi connectivity index (χ2n) is 4.98. The van der Waals surface area contributed by atoms with Gasteiger partial charge in [0.25, 0.3) is 0 Å². The van der Waals surface area contributed by atoms with E-state index < -0.39 is 59.3 Å². The molecule has 0 bridgehead atoms. The predicted octanol–water partition coefficient (Wildman–Crippen LogP) is 0.679. The number of rotatable bonds is 4. The topological polar surface area (TPSA) is 101 Å². The van der Waals surface area contributed by atoms with Crippen LogP contribution in [0, 0.1) is 0 Å². The van der Waals surface area contributed by atoms with Gasteiger partial charge in [-0.1, -0.05) is 34.8 Å². The van der Waals surface area contributed by atoms with Crippen LogP contribution in [-0.4, -0.2) is 64.4 Å². The summed E-state index contributed by atoms with van der Waals surface area (Å²) in [5, 5.41) is 9.39. The minimum Gasteiger partial charge on any atom is -0.457 e. The maximum atomic E-state index is 11.3. The van der Waals surface area contributed by atoms with Crippen LogP contribution in [0.5, 0.6) is 0 Å². The van der Waals surface area contributed by atoms with Crippen LogP contribution in [0.1, 0.15) is 13.8 Å². The summed E-state index contributed by atoms with van der Waals surface area (Å²) in [5.74, 6) is -1.25. The van der Waals surface area contributed by atoms with E-state index in [0.29, 0.717) is 0 Å². The molecule has 0 radical (unpaired) electrons. The summed E-state index contributed by atoms with van der Waals surface area (Å²) in [7, 11) is 0. The summed E-state index contributed by atoms with van der Waals surface area (Å²) in [6.07, 6.45) is -6.18. The number of halogens is 3. The molecule has 2 fully saturated rings. The lowest BCUT2D eigenvalue weighted by atomic mass is 10.1. The van der Waals surface area contributed by atoms with Crippen LogP contribution in [0.25, 0.3) is 0 Å². The molecule has 1 unspecified atom stereocenters. The Morgan fingerprint density at radius 3 is 2.30 bits per heavy atom. The van der Waals surface area contributed by atoms with Gasteiger partial charge < -0.3 is 28.8 Å². The fourth-order valence-corrected chi connectivity index (χ4v) is 2.71. The van der Waals surface area contributed by atoms with Crippen molar-refractivity contribution in [3.8, 4) is 0 Å². The maximum absolute atomic E-state index is 11.3. The second kappa shape index (κ2) is 7.26. The molecule has 0 aliphatic carbocycles. The molecule has 2 rings (SSSR count). The first-order chi connectivity index (χ1) is 10.6. The Morgan fingerprint density at radius 2 is 1.83 bits per heavy atom. The number of hydrogen-bond acceptors (Lipinski definition) is 8. The molecule has 2 heterocycles. The molecule has 0 aromatic heterocycles. The molecule has 2 aliphatic rings. The monoisotopic (exact) mass is 392 g/mol. The minimum atomic E-state index is -1.86. The largest absolute Gasteiger partial charge is 0.457 e. The standard InChI is InChI=1S/C12H15Cl3O8/c1-4(17)19-6(3-16)7-8(20-5(2)18)9-10(21-7)23-11(22-9)12(13,14)15/h6-11,16H,3H2,1-2H3/t6-,7-,8+,9-,10-,11?/m1/s1. The highest BCUT2D eigenvalue weighted by molar-refractivity contribution is 6.67. The molecule has 2 saturated heterocycles. The van der Waals surface area contributed by atoms with Crippen molar-refractivity contribution in [1.82, 2.24) is 0 Å². The van der Waals surface area contributed by atoms with Crippen LogP contribution in [0.15, 0.2) is 0 Å². The molecule has 2 aliphatic heterocycles. The Bertz CT molecular complexity index is 468. The first kappa shape index (κ1) is 19.0. The average molecular weight is 394 g/mol. The highest BCUT2D eigenvalue weighted by atomic mass is 35.6. The third-order valence-corrected chi connectivity index (χ3v) is 3.71. The van der Waals surface area contributed by atoms with Crippen molar-refractivity contribution in [2.75, 3.05) is 6.61 Å². The van der Waals surface area contributed by atoms with Gasteiger partial charge in [-0.25, -0.2) is 0 Å². The number of carbonyl (C=O) groups is 2. The average Bonchev–Trinajstić information content (AvgIpc) is 2.94. The molecule has 6 atom stereocenters. The summed E-state index contributed by atoms with van der Waals surface area (Å²) < 4.78 is 24.6. The summed E-state index contributed by atoms with van der Waals surface area (Å²) in [4.78, 5) is 22.4. The molecular formula is C12H15Cl3O8. The van der Waals surface area contributed by atoms with Gasteiger partial charge in [0.1, 0.15) is 6.10 Å². The van der Waals surface area contributed by atoms with Gasteiger partial charge in [-0.05, 0) is 0 Å². The van der Waals surface area contributed by atoms with E-state index in [1.165, 1.54) is 13.8 Å². The van der Waals surface area contributed by atoms with Crippen LogP contribution in [0.3, 0.4) is 0 Å². The molecule has 0 aromatic rings. The number of esters is 2. The van der Waals surface area contributed by atoms with Crippen molar-refractivity contribution in [1.29, 1.82) is 0 Å². The molecule has 8 nitrogen and oxygen atoms in total. The summed E-state index contributed by atoms with van der Waals surface area (Å²) in [6.45, 7) is 1.81. The lowest BCUT2D eigenvalue weighted by molar-refractivity contribution is -0.204. The summed E-state index contributed by atoms with van der Waals surface area (Å²) in [6, 6.07) is 0. The number of aliphatic hydroxyl groups is 1. The summed E-state index contributed by atoms with van der Waals surface area (Å²) >= 11 is 17.1. The Kier molecular flexibility index (Phi) is 5.99. The molecule has 11 heteroatoms. The minimum absolute atomic E-state index is 0.546. The Hall–Kier alpha value is -0.350. The van der Waals surface area contributed by atoms with Gasteiger partial charge in [-0.3, -0.25) is 9.59 Å². The van der Waals surface area contributed by atoms with Gasteiger partial charge in [0.2, 0.25) is 10.1 Å². The predicted molar refractivity (Wildman–Crippen MR) is 76.9 cm³/mol. The van der Waals surface area contributed by atoms with Gasteiger partial charge in [0.15, 0.2) is 24.6 Å². The third kappa shape index (κ3) is 4.39. The van der Waals surface area contributed by atoms with Crippen LogP contribution < -0.4 is 0 Å².